The van der Waals surface area contributed by atoms with Crippen LogP contribution in [0.15, 0.2) is 29.4 Å². The van der Waals surface area contributed by atoms with E-state index in [-0.39, 0.29) is 5.16 Å². The van der Waals surface area contributed by atoms with Crippen molar-refractivity contribution in [3.8, 4) is 5.69 Å². The highest BCUT2D eigenvalue weighted by Crippen LogP contribution is 2.15. The van der Waals surface area contributed by atoms with Gasteiger partial charge in [-0.25, -0.2) is 8.42 Å². The second-order valence-electron chi connectivity index (χ2n) is 3.12. The Bertz CT molecular complexity index is 605. The Morgan fingerprint density at radius 2 is 1.88 bits per heavy atom. The largest absolute Gasteiger partial charge is 0.272 e. The summed E-state index contributed by atoms with van der Waals surface area (Å²) in [5, 5.41) is 10.8. The summed E-state index contributed by atoms with van der Waals surface area (Å²) < 4.78 is 23.9. The number of nitrogens with zero attached hydrogens (tertiary/aromatic N) is 4. The molecule has 0 radical (unpaired) electrons. The molecule has 0 atom stereocenters. The van der Waals surface area contributed by atoms with E-state index in [1.807, 2.05) is 0 Å². The van der Waals surface area contributed by atoms with Crippen molar-refractivity contribution >= 4 is 21.4 Å². The average Bonchev–Trinajstić information content (AvgIpc) is 2.66. The number of benzene rings is 1. The minimum Gasteiger partial charge on any atom is -0.221 e. The van der Waals surface area contributed by atoms with Crippen LogP contribution in [0.3, 0.4) is 0 Å². The molecular formula is C8H7ClN4O2S. The van der Waals surface area contributed by atoms with Crippen LogP contribution in [0, 0.1) is 0 Å². The third kappa shape index (κ3) is 2.05. The van der Waals surface area contributed by atoms with Crippen LogP contribution in [0.5, 0.6) is 0 Å². The third-order valence-electron chi connectivity index (χ3n) is 1.84. The lowest BCUT2D eigenvalue weighted by atomic mass is 10.3. The highest BCUT2D eigenvalue weighted by atomic mass is 35.5. The first-order chi connectivity index (χ1) is 7.48. The van der Waals surface area contributed by atoms with Crippen LogP contribution in [0.4, 0.5) is 0 Å². The topological polar surface area (TPSA) is 77.7 Å². The lowest BCUT2D eigenvalue weighted by Crippen LogP contribution is -2.08. The molecule has 2 aromatic rings. The molecule has 1 aromatic heterocycles. The monoisotopic (exact) mass is 258 g/mol. The van der Waals surface area contributed by atoms with E-state index < -0.39 is 9.84 Å². The number of halogens is 1. The minimum atomic E-state index is -3.45. The van der Waals surface area contributed by atoms with Gasteiger partial charge in [0.25, 0.3) is 5.16 Å². The van der Waals surface area contributed by atoms with Gasteiger partial charge in [0, 0.05) is 11.3 Å². The van der Waals surface area contributed by atoms with Gasteiger partial charge in [-0.05, 0) is 34.7 Å². The fourth-order valence-corrected chi connectivity index (χ4v) is 1.92. The molecule has 6 nitrogen and oxygen atoms in total. The van der Waals surface area contributed by atoms with Gasteiger partial charge in [-0.15, -0.1) is 0 Å². The van der Waals surface area contributed by atoms with E-state index in [9.17, 15) is 8.42 Å². The van der Waals surface area contributed by atoms with Crippen molar-refractivity contribution in [3.05, 3.63) is 29.3 Å². The van der Waals surface area contributed by atoms with E-state index in [1.165, 1.54) is 0 Å². The molecule has 0 unspecified atom stereocenters. The first kappa shape index (κ1) is 11.0. The van der Waals surface area contributed by atoms with Crippen molar-refractivity contribution in [2.24, 2.45) is 0 Å². The second-order valence-corrected chi connectivity index (χ2v) is 5.47. The SMILES string of the molecule is CS(=O)(=O)c1nnnn1-c1ccc(Cl)cc1. The van der Waals surface area contributed by atoms with Crippen molar-refractivity contribution in [1.82, 2.24) is 20.2 Å². The molecule has 0 aliphatic rings. The summed E-state index contributed by atoms with van der Waals surface area (Å²) in [6.07, 6.45) is 1.05. The molecule has 0 aliphatic carbocycles. The number of hydrogen-bond acceptors (Lipinski definition) is 5. The maximum Gasteiger partial charge on any atom is 0.272 e. The zero-order chi connectivity index (χ0) is 11.8. The van der Waals surface area contributed by atoms with Gasteiger partial charge < -0.3 is 0 Å². The molecule has 84 valence electrons. The van der Waals surface area contributed by atoms with Crippen LogP contribution in [-0.2, 0) is 9.84 Å². The first-order valence-corrected chi connectivity index (χ1v) is 6.50. The molecule has 0 aliphatic heterocycles. The van der Waals surface area contributed by atoms with E-state index >= 15 is 0 Å². The van der Waals surface area contributed by atoms with Gasteiger partial charge in [-0.2, -0.15) is 4.68 Å². The van der Waals surface area contributed by atoms with Crippen LogP contribution in [0.25, 0.3) is 5.69 Å². The Morgan fingerprint density at radius 3 is 2.44 bits per heavy atom. The van der Waals surface area contributed by atoms with E-state index in [0.717, 1.165) is 10.9 Å². The van der Waals surface area contributed by atoms with E-state index in [2.05, 4.69) is 15.5 Å². The fourth-order valence-electron chi connectivity index (χ4n) is 1.15. The molecule has 0 bridgehead atoms. The lowest BCUT2D eigenvalue weighted by Gasteiger charge is -2.02. The summed E-state index contributed by atoms with van der Waals surface area (Å²) in [5.41, 5.74) is 0.537. The number of aromatic nitrogens is 4. The van der Waals surface area contributed by atoms with Crippen LogP contribution in [0.2, 0.25) is 5.02 Å². The zero-order valence-corrected chi connectivity index (χ0v) is 9.77. The van der Waals surface area contributed by atoms with Crippen molar-refractivity contribution in [2.45, 2.75) is 5.16 Å². The number of tetrazole rings is 1. The van der Waals surface area contributed by atoms with Crippen LogP contribution < -0.4 is 0 Å². The summed E-state index contributed by atoms with van der Waals surface area (Å²) in [4.78, 5) is 0. The van der Waals surface area contributed by atoms with E-state index in [0.29, 0.717) is 10.7 Å². The van der Waals surface area contributed by atoms with Crippen LogP contribution in [-0.4, -0.2) is 34.9 Å². The molecule has 0 amide bonds. The Hall–Kier alpha value is -1.47. The zero-order valence-electron chi connectivity index (χ0n) is 8.20. The standard InChI is InChI=1S/C8H7ClN4O2S/c1-16(14,15)8-10-11-12-13(8)7-4-2-6(9)3-5-7/h2-5H,1H3. The highest BCUT2D eigenvalue weighted by molar-refractivity contribution is 7.90. The highest BCUT2D eigenvalue weighted by Gasteiger charge is 2.18. The van der Waals surface area contributed by atoms with Crippen LogP contribution >= 0.6 is 11.6 Å². The van der Waals surface area contributed by atoms with Crippen molar-refractivity contribution in [3.63, 3.8) is 0 Å². The molecule has 0 saturated carbocycles. The quantitative estimate of drug-likeness (QED) is 0.793. The minimum absolute atomic E-state index is 0.199. The van der Waals surface area contributed by atoms with Gasteiger partial charge >= 0.3 is 0 Å². The third-order valence-corrected chi connectivity index (χ3v) is 3.01. The molecule has 0 fully saturated rings. The van der Waals surface area contributed by atoms with Gasteiger partial charge in [0.2, 0.25) is 9.84 Å². The predicted octanol–water partition coefficient (Wildman–Crippen LogP) is 0.719. The predicted molar refractivity (Wildman–Crippen MR) is 57.3 cm³/mol. The molecule has 2 rings (SSSR count). The Kier molecular flexibility index (Phi) is 2.64. The summed E-state index contributed by atoms with van der Waals surface area (Å²) in [6, 6.07) is 6.52. The maximum absolute atomic E-state index is 11.4. The number of rotatable bonds is 2. The van der Waals surface area contributed by atoms with Gasteiger partial charge in [0.05, 0.1) is 5.69 Å². The number of sulfone groups is 1. The van der Waals surface area contributed by atoms with E-state index in [1.54, 1.807) is 24.3 Å². The van der Waals surface area contributed by atoms with Gasteiger partial charge in [-0.3, -0.25) is 0 Å². The lowest BCUT2D eigenvalue weighted by molar-refractivity contribution is 0.586. The van der Waals surface area contributed by atoms with Gasteiger partial charge in [0.1, 0.15) is 0 Å². The average molecular weight is 259 g/mol. The summed E-state index contributed by atoms with van der Waals surface area (Å²) in [7, 11) is -3.45. The first-order valence-electron chi connectivity index (χ1n) is 4.23. The Balaban J connectivity index is 2.58. The second kappa shape index (κ2) is 3.84. The van der Waals surface area contributed by atoms with Crippen molar-refractivity contribution in [1.29, 1.82) is 0 Å². The number of hydrogen-bond donors (Lipinski definition) is 0. The molecule has 1 heterocycles. The molecule has 0 saturated heterocycles. The summed E-state index contributed by atoms with van der Waals surface area (Å²) in [5.74, 6) is 0. The maximum atomic E-state index is 11.4. The smallest absolute Gasteiger partial charge is 0.221 e. The Labute approximate surface area is 96.8 Å². The van der Waals surface area contributed by atoms with Crippen LogP contribution in [0.1, 0.15) is 0 Å². The van der Waals surface area contributed by atoms with Crippen molar-refractivity contribution in [2.75, 3.05) is 6.26 Å². The molecular weight excluding hydrogens is 252 g/mol. The fraction of sp³-hybridized carbons (Fsp3) is 0.125. The van der Waals surface area contributed by atoms with Crippen molar-refractivity contribution < 1.29 is 8.42 Å². The molecule has 8 heteroatoms. The Morgan fingerprint density at radius 1 is 1.25 bits per heavy atom. The van der Waals surface area contributed by atoms with E-state index in [4.69, 9.17) is 11.6 Å². The summed E-state index contributed by atoms with van der Waals surface area (Å²) in [6.45, 7) is 0. The molecule has 0 N–H and O–H groups in total. The molecule has 1 aromatic carbocycles. The summed E-state index contributed by atoms with van der Waals surface area (Å²) >= 11 is 5.72. The van der Waals surface area contributed by atoms with Gasteiger partial charge in [-0.1, -0.05) is 16.7 Å². The van der Waals surface area contributed by atoms with Gasteiger partial charge in [0.15, 0.2) is 0 Å². The normalized spacial score (nSPS) is 11.6. The molecule has 16 heavy (non-hydrogen) atoms. The molecule has 0 spiro atoms.